The number of hydrogen-bond donors (Lipinski definition) is 2. The maximum absolute atomic E-state index is 11.1. The number of nitrogens with one attached hydrogen (secondary N) is 2. The van der Waals surface area contributed by atoms with Crippen LogP contribution < -0.4 is 10.6 Å². The Labute approximate surface area is 113 Å². The molecule has 1 aliphatic carbocycles. The van der Waals surface area contributed by atoms with E-state index < -0.39 is 0 Å². The first-order valence-corrected chi connectivity index (χ1v) is 6.57. The molecule has 0 aliphatic heterocycles. The van der Waals surface area contributed by atoms with Crippen LogP contribution in [0, 0.1) is 12.8 Å². The van der Waals surface area contributed by atoms with Crippen LogP contribution in [0.4, 0.5) is 11.6 Å². The van der Waals surface area contributed by atoms with Gasteiger partial charge in [-0.2, -0.15) is 0 Å². The zero-order valence-corrected chi connectivity index (χ0v) is 11.4. The van der Waals surface area contributed by atoms with Crippen molar-refractivity contribution in [1.82, 2.24) is 9.97 Å². The minimum absolute atomic E-state index is 0.106. The van der Waals surface area contributed by atoms with Gasteiger partial charge in [0.15, 0.2) is 0 Å². The van der Waals surface area contributed by atoms with Crippen molar-refractivity contribution in [3.8, 4) is 0 Å². The first kappa shape index (κ1) is 13.6. The summed E-state index contributed by atoms with van der Waals surface area (Å²) in [4.78, 5) is 19.6. The van der Waals surface area contributed by atoms with Crippen molar-refractivity contribution < 1.29 is 9.53 Å². The minimum atomic E-state index is -0.319. The van der Waals surface area contributed by atoms with Crippen LogP contribution in [-0.4, -0.2) is 36.1 Å². The summed E-state index contributed by atoms with van der Waals surface area (Å²) in [5.74, 6) is 2.55. The van der Waals surface area contributed by atoms with E-state index in [0.717, 1.165) is 18.3 Å². The molecule has 19 heavy (non-hydrogen) atoms. The molecule has 0 radical (unpaired) electrons. The second-order valence-corrected chi connectivity index (χ2v) is 4.79. The topological polar surface area (TPSA) is 76.1 Å². The van der Waals surface area contributed by atoms with Gasteiger partial charge in [0, 0.05) is 12.6 Å². The lowest BCUT2D eigenvalue weighted by molar-refractivity contribution is -0.138. The van der Waals surface area contributed by atoms with Crippen molar-refractivity contribution in [2.45, 2.75) is 26.2 Å². The lowest BCUT2D eigenvalue weighted by Crippen LogP contribution is -2.22. The van der Waals surface area contributed by atoms with Crippen molar-refractivity contribution in [1.29, 1.82) is 0 Å². The highest BCUT2D eigenvalue weighted by atomic mass is 16.5. The Morgan fingerprint density at radius 1 is 1.37 bits per heavy atom. The van der Waals surface area contributed by atoms with Crippen LogP contribution in [0.15, 0.2) is 6.07 Å². The monoisotopic (exact) mass is 264 g/mol. The second-order valence-electron chi connectivity index (χ2n) is 4.79. The van der Waals surface area contributed by atoms with Crippen molar-refractivity contribution in [2.24, 2.45) is 5.92 Å². The van der Waals surface area contributed by atoms with E-state index in [1.54, 1.807) is 0 Å². The molecule has 0 saturated heterocycles. The predicted octanol–water partition coefficient (Wildman–Crippen LogP) is 1.58. The molecular weight excluding hydrogens is 244 g/mol. The van der Waals surface area contributed by atoms with Crippen LogP contribution in [0.2, 0.25) is 0 Å². The van der Waals surface area contributed by atoms with Crippen LogP contribution in [0.3, 0.4) is 0 Å². The van der Waals surface area contributed by atoms with Crippen LogP contribution >= 0.6 is 0 Å². The van der Waals surface area contributed by atoms with Gasteiger partial charge in [-0.3, -0.25) is 4.79 Å². The number of ether oxygens (including phenoxy) is 1. The molecule has 6 heteroatoms. The van der Waals surface area contributed by atoms with Gasteiger partial charge < -0.3 is 15.4 Å². The number of nitrogens with zero attached hydrogens (tertiary/aromatic N) is 2. The molecule has 1 heterocycles. The van der Waals surface area contributed by atoms with E-state index in [-0.39, 0.29) is 12.5 Å². The molecule has 0 spiro atoms. The van der Waals surface area contributed by atoms with Gasteiger partial charge in [-0.1, -0.05) is 6.42 Å². The van der Waals surface area contributed by atoms with E-state index in [4.69, 9.17) is 0 Å². The van der Waals surface area contributed by atoms with Crippen molar-refractivity contribution in [2.75, 3.05) is 30.8 Å². The lowest BCUT2D eigenvalue weighted by atomic mass is 9.85. The SMILES string of the molecule is COC(=O)CNc1cc(NCC2CCC2)nc(C)n1. The Morgan fingerprint density at radius 3 is 2.63 bits per heavy atom. The summed E-state index contributed by atoms with van der Waals surface area (Å²) in [6, 6.07) is 1.81. The Kier molecular flexibility index (Phi) is 4.54. The number of carbonyl (C=O) groups excluding carboxylic acids is 1. The highest BCUT2D eigenvalue weighted by molar-refractivity contribution is 5.74. The predicted molar refractivity (Wildman–Crippen MR) is 73.1 cm³/mol. The molecule has 1 aromatic rings. The van der Waals surface area contributed by atoms with Crippen LogP contribution in [-0.2, 0) is 9.53 Å². The fraction of sp³-hybridized carbons (Fsp3) is 0.615. The standard InChI is InChI=1S/C13H20N4O2/c1-9-16-11(14-7-10-4-3-5-10)6-12(17-9)15-8-13(18)19-2/h6,10H,3-5,7-8H2,1-2H3,(H2,14,15,16,17). The molecule has 0 aromatic carbocycles. The average molecular weight is 264 g/mol. The summed E-state index contributed by atoms with van der Waals surface area (Å²) in [5, 5.41) is 6.25. The highest BCUT2D eigenvalue weighted by Gasteiger charge is 2.17. The quantitative estimate of drug-likeness (QED) is 0.760. The molecule has 0 amide bonds. The van der Waals surface area contributed by atoms with Gasteiger partial charge in [0.2, 0.25) is 0 Å². The third kappa shape index (κ3) is 4.08. The molecule has 1 aliphatic rings. The maximum Gasteiger partial charge on any atom is 0.325 e. The molecule has 0 unspecified atom stereocenters. The molecule has 0 atom stereocenters. The fourth-order valence-electron chi connectivity index (χ4n) is 1.93. The smallest absolute Gasteiger partial charge is 0.325 e. The Bertz CT molecular complexity index is 446. The first-order chi connectivity index (χ1) is 9.17. The maximum atomic E-state index is 11.1. The average Bonchev–Trinajstić information content (AvgIpc) is 2.33. The van der Waals surface area contributed by atoms with E-state index in [1.807, 2.05) is 13.0 Å². The van der Waals surface area contributed by atoms with Gasteiger partial charge in [0.1, 0.15) is 24.0 Å². The van der Waals surface area contributed by atoms with Gasteiger partial charge in [0.25, 0.3) is 0 Å². The number of rotatable bonds is 6. The summed E-state index contributed by atoms with van der Waals surface area (Å²) in [7, 11) is 1.36. The molecule has 104 valence electrons. The van der Waals surface area contributed by atoms with E-state index in [1.165, 1.54) is 26.4 Å². The third-order valence-electron chi connectivity index (χ3n) is 3.28. The number of esters is 1. The van der Waals surface area contributed by atoms with Crippen LogP contribution in [0.5, 0.6) is 0 Å². The molecule has 1 fully saturated rings. The summed E-state index contributed by atoms with van der Waals surface area (Å²) >= 11 is 0. The number of aromatic nitrogens is 2. The van der Waals surface area contributed by atoms with E-state index in [9.17, 15) is 4.79 Å². The van der Waals surface area contributed by atoms with E-state index in [2.05, 4.69) is 25.3 Å². The Hall–Kier alpha value is -1.85. The van der Waals surface area contributed by atoms with Gasteiger partial charge in [0.05, 0.1) is 7.11 Å². The summed E-state index contributed by atoms with van der Waals surface area (Å²) in [6.07, 6.45) is 3.93. The second kappa shape index (κ2) is 6.36. The van der Waals surface area contributed by atoms with Crippen molar-refractivity contribution in [3.63, 3.8) is 0 Å². The van der Waals surface area contributed by atoms with Crippen LogP contribution in [0.25, 0.3) is 0 Å². The highest BCUT2D eigenvalue weighted by Crippen LogP contribution is 2.26. The van der Waals surface area contributed by atoms with Crippen molar-refractivity contribution >= 4 is 17.6 Å². The first-order valence-electron chi connectivity index (χ1n) is 6.57. The largest absolute Gasteiger partial charge is 0.468 e. The Balaban J connectivity index is 1.91. The molecular formula is C13H20N4O2. The Morgan fingerprint density at radius 2 is 2.05 bits per heavy atom. The summed E-state index contributed by atoms with van der Waals surface area (Å²) in [6.45, 7) is 2.89. The molecule has 2 rings (SSSR count). The number of methoxy groups -OCH3 is 1. The zero-order chi connectivity index (χ0) is 13.7. The molecule has 0 bridgehead atoms. The van der Waals surface area contributed by atoms with Gasteiger partial charge in [-0.05, 0) is 25.7 Å². The minimum Gasteiger partial charge on any atom is -0.468 e. The van der Waals surface area contributed by atoms with Gasteiger partial charge in [-0.25, -0.2) is 9.97 Å². The zero-order valence-electron chi connectivity index (χ0n) is 11.4. The number of anilines is 2. The van der Waals surface area contributed by atoms with Gasteiger partial charge in [-0.15, -0.1) is 0 Å². The molecule has 2 N–H and O–H groups in total. The molecule has 1 saturated carbocycles. The molecule has 1 aromatic heterocycles. The normalized spacial score (nSPS) is 14.6. The fourth-order valence-corrected chi connectivity index (χ4v) is 1.93. The third-order valence-corrected chi connectivity index (χ3v) is 3.28. The van der Waals surface area contributed by atoms with E-state index in [0.29, 0.717) is 11.6 Å². The summed E-state index contributed by atoms with van der Waals surface area (Å²) in [5.41, 5.74) is 0. The number of aryl methyl sites for hydroxylation is 1. The van der Waals surface area contributed by atoms with Crippen LogP contribution in [0.1, 0.15) is 25.1 Å². The summed E-state index contributed by atoms with van der Waals surface area (Å²) < 4.78 is 4.57. The molecule has 6 nitrogen and oxygen atoms in total. The van der Waals surface area contributed by atoms with Gasteiger partial charge >= 0.3 is 5.97 Å². The lowest BCUT2D eigenvalue weighted by Gasteiger charge is -2.25. The number of hydrogen-bond acceptors (Lipinski definition) is 6. The van der Waals surface area contributed by atoms with Crippen molar-refractivity contribution in [3.05, 3.63) is 11.9 Å². The number of carbonyl (C=O) groups is 1. The van der Waals surface area contributed by atoms with E-state index >= 15 is 0 Å².